The van der Waals surface area contributed by atoms with Crippen LogP contribution >= 0.6 is 11.3 Å². The highest BCUT2D eigenvalue weighted by Gasteiger charge is 2.19. The summed E-state index contributed by atoms with van der Waals surface area (Å²) in [6, 6.07) is 10.8. The lowest BCUT2D eigenvalue weighted by atomic mass is 10.1. The molecule has 4 heteroatoms. The van der Waals surface area contributed by atoms with Crippen LogP contribution in [0.4, 0.5) is 0 Å². The molecule has 1 unspecified atom stereocenters. The van der Waals surface area contributed by atoms with Gasteiger partial charge in [0.25, 0.3) is 0 Å². The van der Waals surface area contributed by atoms with Gasteiger partial charge in [-0.2, -0.15) is 0 Å². The van der Waals surface area contributed by atoms with Crippen LogP contribution in [-0.4, -0.2) is 16.9 Å². The fourth-order valence-corrected chi connectivity index (χ4v) is 4.10. The number of allylic oxidation sites excluding steroid dienone is 4. The van der Waals surface area contributed by atoms with Gasteiger partial charge in [-0.05, 0) is 56.0 Å². The second-order valence-corrected chi connectivity index (χ2v) is 7.95. The molecular formula is C23H28O3S. The minimum atomic E-state index is -0.709. The number of hydrogen-bond donors (Lipinski definition) is 1. The smallest absolute Gasteiger partial charge is 0.303 e. The van der Waals surface area contributed by atoms with Crippen molar-refractivity contribution in [3.05, 3.63) is 59.5 Å². The van der Waals surface area contributed by atoms with Gasteiger partial charge in [-0.25, -0.2) is 0 Å². The monoisotopic (exact) mass is 384 g/mol. The minimum absolute atomic E-state index is 0.282. The summed E-state index contributed by atoms with van der Waals surface area (Å²) < 4.78 is 1.36. The Morgan fingerprint density at radius 3 is 2.78 bits per heavy atom. The number of thiophene rings is 1. The molecule has 0 aliphatic heterocycles. The Balaban J connectivity index is 0.000000249. The second kappa shape index (κ2) is 11.5. The van der Waals surface area contributed by atoms with Gasteiger partial charge in [-0.3, -0.25) is 9.59 Å². The Labute approximate surface area is 165 Å². The van der Waals surface area contributed by atoms with Gasteiger partial charge in [0.1, 0.15) is 5.78 Å². The van der Waals surface area contributed by atoms with E-state index in [1.807, 2.05) is 30.4 Å². The molecule has 0 saturated heterocycles. The van der Waals surface area contributed by atoms with Crippen LogP contribution in [0.5, 0.6) is 0 Å². The molecule has 144 valence electrons. The molecule has 1 aromatic heterocycles. The number of ketones is 1. The molecule has 1 aliphatic rings. The first-order chi connectivity index (χ1) is 13.1. The number of hydrogen-bond acceptors (Lipinski definition) is 3. The summed E-state index contributed by atoms with van der Waals surface area (Å²) in [7, 11) is 0. The number of unbranched alkanes of at least 4 members (excludes halogenated alkanes) is 1. The fourth-order valence-electron chi connectivity index (χ4n) is 3.06. The Morgan fingerprint density at radius 2 is 2.11 bits per heavy atom. The van der Waals surface area contributed by atoms with Crippen LogP contribution in [0.2, 0.25) is 0 Å². The Kier molecular flexibility index (Phi) is 8.99. The van der Waals surface area contributed by atoms with Gasteiger partial charge >= 0.3 is 5.97 Å². The quantitative estimate of drug-likeness (QED) is 0.457. The van der Waals surface area contributed by atoms with Crippen molar-refractivity contribution < 1.29 is 14.7 Å². The summed E-state index contributed by atoms with van der Waals surface area (Å²) in [5, 5.41) is 9.52. The number of fused-ring (bicyclic) bond motifs is 1. The molecule has 3 nitrogen and oxygen atoms in total. The average Bonchev–Trinajstić information content (AvgIpc) is 3.25. The summed E-state index contributed by atoms with van der Waals surface area (Å²) in [6.07, 6.45) is 13.8. The molecule has 0 radical (unpaired) electrons. The number of rotatable bonds is 7. The molecule has 1 N–H and O–H groups in total. The first kappa shape index (κ1) is 21.1. The molecule has 0 bridgehead atoms. The Hall–Kier alpha value is -2.20. The number of aliphatic carboxylic acids is 1. The van der Waals surface area contributed by atoms with Crippen LogP contribution in [0.25, 0.3) is 10.1 Å². The highest BCUT2D eigenvalue weighted by atomic mass is 32.1. The third-order valence-electron chi connectivity index (χ3n) is 4.48. The summed E-state index contributed by atoms with van der Waals surface area (Å²) in [5.74, 6) is 0.206. The molecule has 1 atom stereocenters. The standard InChI is InChI=1S/C16H16OS.C7H12O2/c17-14-9-8-12(10-14)4-3-6-15-11-13-5-1-2-7-16(13)18-15;1-2-3-4-5-6-7(8)9/h1-5,7,11-12H,6,8-10H2;2-3H,4-6H2,1H3,(H,8,9)/b4-3+;3-2-. The molecule has 2 aromatic rings. The van der Waals surface area contributed by atoms with E-state index < -0.39 is 5.97 Å². The lowest BCUT2D eigenvalue weighted by Crippen LogP contribution is -1.92. The predicted molar refractivity (Wildman–Crippen MR) is 113 cm³/mol. The number of carbonyl (C=O) groups excluding carboxylic acids is 1. The fraction of sp³-hybridized carbons (Fsp3) is 0.391. The van der Waals surface area contributed by atoms with Crippen molar-refractivity contribution in [2.45, 2.75) is 51.9 Å². The first-order valence-corrected chi connectivity index (χ1v) is 10.4. The molecule has 1 heterocycles. The van der Waals surface area contributed by atoms with E-state index in [-0.39, 0.29) is 6.42 Å². The first-order valence-electron chi connectivity index (χ1n) is 9.57. The van der Waals surface area contributed by atoms with E-state index in [0.717, 1.165) is 38.5 Å². The molecule has 0 amide bonds. The van der Waals surface area contributed by atoms with Gasteiger partial charge in [0.2, 0.25) is 0 Å². The van der Waals surface area contributed by atoms with E-state index in [1.54, 1.807) is 0 Å². The van der Waals surface area contributed by atoms with Crippen LogP contribution in [0.1, 0.15) is 50.3 Å². The third kappa shape index (κ3) is 7.92. The van der Waals surface area contributed by atoms with E-state index in [1.165, 1.54) is 15.0 Å². The van der Waals surface area contributed by atoms with Crippen LogP contribution in [0, 0.1) is 5.92 Å². The zero-order chi connectivity index (χ0) is 19.5. The number of carboxylic acids is 1. The molecule has 1 aromatic carbocycles. The normalized spacial score (nSPS) is 16.9. The van der Waals surface area contributed by atoms with E-state index in [0.29, 0.717) is 11.7 Å². The van der Waals surface area contributed by atoms with Crippen molar-refractivity contribution in [2.75, 3.05) is 0 Å². The van der Waals surface area contributed by atoms with E-state index in [2.05, 4.69) is 42.5 Å². The van der Waals surface area contributed by atoms with Crippen LogP contribution in [0.3, 0.4) is 0 Å². The largest absolute Gasteiger partial charge is 0.481 e. The minimum Gasteiger partial charge on any atom is -0.481 e. The highest BCUT2D eigenvalue weighted by molar-refractivity contribution is 7.19. The summed E-state index contributed by atoms with van der Waals surface area (Å²) in [4.78, 5) is 22.5. The molecule has 27 heavy (non-hydrogen) atoms. The maximum absolute atomic E-state index is 11.2. The lowest BCUT2D eigenvalue weighted by molar-refractivity contribution is -0.137. The van der Waals surface area contributed by atoms with Crippen LogP contribution in [-0.2, 0) is 16.0 Å². The topological polar surface area (TPSA) is 54.4 Å². The molecule has 1 saturated carbocycles. The molecule has 1 fully saturated rings. The molecule has 1 aliphatic carbocycles. The van der Waals surface area contributed by atoms with Gasteiger partial charge in [-0.15, -0.1) is 11.3 Å². The number of benzene rings is 1. The maximum atomic E-state index is 11.2. The van der Waals surface area contributed by atoms with Crippen molar-refractivity contribution in [2.24, 2.45) is 5.92 Å². The van der Waals surface area contributed by atoms with Crippen molar-refractivity contribution in [1.82, 2.24) is 0 Å². The van der Waals surface area contributed by atoms with E-state index in [4.69, 9.17) is 5.11 Å². The number of Topliss-reactive ketones (excluding diaryl/α,β-unsaturated/α-hetero) is 1. The van der Waals surface area contributed by atoms with Gasteiger partial charge in [0, 0.05) is 28.8 Å². The van der Waals surface area contributed by atoms with Crippen LogP contribution < -0.4 is 0 Å². The van der Waals surface area contributed by atoms with Crippen LogP contribution in [0.15, 0.2) is 54.6 Å². The average molecular weight is 385 g/mol. The zero-order valence-electron chi connectivity index (χ0n) is 15.9. The molecule has 0 spiro atoms. The highest BCUT2D eigenvalue weighted by Crippen LogP contribution is 2.27. The summed E-state index contributed by atoms with van der Waals surface area (Å²) >= 11 is 1.86. The van der Waals surface area contributed by atoms with Crippen molar-refractivity contribution in [3.63, 3.8) is 0 Å². The van der Waals surface area contributed by atoms with Crippen molar-refractivity contribution in [1.29, 1.82) is 0 Å². The number of carbonyl (C=O) groups is 2. The van der Waals surface area contributed by atoms with E-state index in [9.17, 15) is 9.59 Å². The summed E-state index contributed by atoms with van der Waals surface area (Å²) in [6.45, 7) is 1.93. The second-order valence-electron chi connectivity index (χ2n) is 6.78. The Bertz CT molecular complexity index is 768. The van der Waals surface area contributed by atoms with Crippen molar-refractivity contribution in [3.8, 4) is 0 Å². The third-order valence-corrected chi connectivity index (χ3v) is 5.62. The molecular weight excluding hydrogens is 356 g/mol. The molecule has 3 rings (SSSR count). The van der Waals surface area contributed by atoms with Gasteiger partial charge in [-0.1, -0.05) is 42.5 Å². The number of carboxylic acid groups (broad SMARTS) is 1. The van der Waals surface area contributed by atoms with Gasteiger partial charge in [0.05, 0.1) is 0 Å². The predicted octanol–water partition coefficient (Wildman–Crippen LogP) is 6.19. The van der Waals surface area contributed by atoms with Gasteiger partial charge in [0.15, 0.2) is 0 Å². The maximum Gasteiger partial charge on any atom is 0.303 e. The van der Waals surface area contributed by atoms with Crippen molar-refractivity contribution >= 4 is 33.2 Å². The Morgan fingerprint density at radius 1 is 1.30 bits per heavy atom. The summed E-state index contributed by atoms with van der Waals surface area (Å²) in [5.41, 5.74) is 0. The SMILES string of the molecule is C/C=C\CCCC(=O)O.O=C1CCC(/C=C/Cc2cc3ccccc3s2)C1. The zero-order valence-corrected chi connectivity index (χ0v) is 16.7. The van der Waals surface area contributed by atoms with Gasteiger partial charge < -0.3 is 5.11 Å². The van der Waals surface area contributed by atoms with E-state index >= 15 is 0 Å². The lowest BCUT2D eigenvalue weighted by Gasteiger charge is -1.97.